The molecule has 10 heteroatoms. The third-order valence-electron chi connectivity index (χ3n) is 7.41. The van der Waals surface area contributed by atoms with Gasteiger partial charge in [-0.3, -0.25) is 9.59 Å². The van der Waals surface area contributed by atoms with Crippen LogP contribution in [0.4, 0.5) is 11.4 Å². The van der Waals surface area contributed by atoms with Crippen LogP contribution in [0.25, 0.3) is 0 Å². The van der Waals surface area contributed by atoms with Gasteiger partial charge in [0.15, 0.2) is 0 Å². The standard InChI is InChI=1S/C31H32Cl2N2O6/c1-4-40-31(37)20-11-24(12-20)41-25-15-22(14-23(16-25)38-2)34-29(18-5-7-21(32)8-6-18)30(36)35-10-9-19-13-28(39-3)26(33)17-27(19)35/h5-8,13-17,20,24,29,34H,4,9-12H2,1-3H3/t20-,24+,29?. The van der Waals surface area contributed by atoms with Crippen LogP contribution in [0.3, 0.4) is 0 Å². The molecule has 0 spiro atoms. The Balaban J connectivity index is 1.40. The molecule has 1 fully saturated rings. The van der Waals surface area contributed by atoms with Gasteiger partial charge in [0.1, 0.15) is 29.4 Å². The second-order valence-corrected chi connectivity index (χ2v) is 10.9. The molecule has 2 aliphatic rings. The van der Waals surface area contributed by atoms with Crippen molar-refractivity contribution in [3.8, 4) is 17.2 Å². The molecular weight excluding hydrogens is 567 g/mol. The van der Waals surface area contributed by atoms with Crippen molar-refractivity contribution in [1.29, 1.82) is 0 Å². The van der Waals surface area contributed by atoms with E-state index in [1.165, 1.54) is 0 Å². The molecule has 0 aromatic heterocycles. The first-order valence-electron chi connectivity index (χ1n) is 13.5. The van der Waals surface area contributed by atoms with Crippen molar-refractivity contribution in [3.05, 3.63) is 75.8 Å². The number of anilines is 2. The Morgan fingerprint density at radius 1 is 1.00 bits per heavy atom. The maximum Gasteiger partial charge on any atom is 0.309 e. The Morgan fingerprint density at radius 2 is 1.73 bits per heavy atom. The van der Waals surface area contributed by atoms with Crippen LogP contribution in [0.2, 0.25) is 10.0 Å². The van der Waals surface area contributed by atoms with Crippen molar-refractivity contribution in [2.24, 2.45) is 5.92 Å². The molecule has 1 unspecified atom stereocenters. The fraction of sp³-hybridized carbons (Fsp3) is 0.355. The van der Waals surface area contributed by atoms with Gasteiger partial charge >= 0.3 is 5.97 Å². The molecule has 1 aliphatic carbocycles. The van der Waals surface area contributed by atoms with E-state index in [9.17, 15) is 9.59 Å². The zero-order valence-electron chi connectivity index (χ0n) is 23.1. The van der Waals surface area contributed by atoms with Crippen molar-refractivity contribution >= 4 is 46.5 Å². The van der Waals surface area contributed by atoms with Gasteiger partial charge in [-0.1, -0.05) is 35.3 Å². The molecule has 41 heavy (non-hydrogen) atoms. The van der Waals surface area contributed by atoms with Crippen molar-refractivity contribution in [2.75, 3.05) is 37.6 Å². The number of hydrogen-bond donors (Lipinski definition) is 1. The topological polar surface area (TPSA) is 86.3 Å². The number of ether oxygens (including phenoxy) is 4. The zero-order valence-corrected chi connectivity index (χ0v) is 24.6. The maximum atomic E-state index is 14.1. The number of rotatable bonds is 10. The smallest absolute Gasteiger partial charge is 0.309 e. The summed E-state index contributed by atoms with van der Waals surface area (Å²) < 4.78 is 22.2. The Kier molecular flexibility index (Phi) is 8.80. The normalized spacial score (nSPS) is 18.1. The van der Waals surface area contributed by atoms with Crippen molar-refractivity contribution in [1.82, 2.24) is 0 Å². The summed E-state index contributed by atoms with van der Waals surface area (Å²) in [5.74, 6) is 1.25. The molecule has 1 atom stereocenters. The number of fused-ring (bicyclic) bond motifs is 1. The molecular formula is C31H32Cl2N2O6. The van der Waals surface area contributed by atoms with Crippen LogP contribution >= 0.6 is 23.2 Å². The minimum absolute atomic E-state index is 0.110. The number of esters is 1. The van der Waals surface area contributed by atoms with E-state index in [-0.39, 0.29) is 23.9 Å². The highest BCUT2D eigenvalue weighted by Gasteiger charge is 2.37. The fourth-order valence-corrected chi connectivity index (χ4v) is 5.55. The number of hydrogen-bond acceptors (Lipinski definition) is 7. The summed E-state index contributed by atoms with van der Waals surface area (Å²) in [6.45, 7) is 2.68. The fourth-order valence-electron chi connectivity index (χ4n) is 5.19. The summed E-state index contributed by atoms with van der Waals surface area (Å²) in [6, 6.07) is 15.5. The Labute approximate surface area is 249 Å². The zero-order chi connectivity index (χ0) is 29.1. The average Bonchev–Trinajstić information content (AvgIpc) is 3.35. The van der Waals surface area contributed by atoms with Gasteiger partial charge in [-0.2, -0.15) is 0 Å². The van der Waals surface area contributed by atoms with E-state index in [4.69, 9.17) is 42.1 Å². The summed E-state index contributed by atoms with van der Waals surface area (Å²) in [5.41, 5.74) is 3.14. The highest BCUT2D eigenvalue weighted by Crippen LogP contribution is 2.39. The third-order valence-corrected chi connectivity index (χ3v) is 7.96. The predicted octanol–water partition coefficient (Wildman–Crippen LogP) is 6.47. The Morgan fingerprint density at radius 3 is 2.41 bits per heavy atom. The number of benzene rings is 3. The van der Waals surface area contributed by atoms with Gasteiger partial charge in [-0.25, -0.2) is 0 Å². The van der Waals surface area contributed by atoms with Crippen LogP contribution in [-0.4, -0.2) is 45.4 Å². The molecule has 1 saturated carbocycles. The van der Waals surface area contributed by atoms with E-state index in [0.717, 1.165) is 16.8 Å². The SMILES string of the molecule is CCOC(=O)[C@H]1C[C@@H](Oc2cc(NC(C(=O)N3CCc4cc(OC)c(Cl)cc43)c3ccc(Cl)cc3)cc(OC)c2)C1. The van der Waals surface area contributed by atoms with E-state index >= 15 is 0 Å². The number of carbonyl (C=O) groups is 2. The number of halogens is 2. The average molecular weight is 600 g/mol. The largest absolute Gasteiger partial charge is 0.497 e. The molecule has 3 aromatic carbocycles. The Hall–Kier alpha value is -3.62. The first kappa shape index (κ1) is 28.9. The molecule has 1 heterocycles. The van der Waals surface area contributed by atoms with Crippen LogP contribution < -0.4 is 24.4 Å². The number of nitrogens with one attached hydrogen (secondary N) is 1. The van der Waals surface area contributed by atoms with E-state index < -0.39 is 6.04 Å². The number of carbonyl (C=O) groups excluding carboxylic acids is 2. The van der Waals surface area contributed by atoms with Crippen LogP contribution in [-0.2, 0) is 20.7 Å². The lowest BCUT2D eigenvalue weighted by molar-refractivity contribution is -0.154. The molecule has 8 nitrogen and oxygen atoms in total. The number of amides is 1. The summed E-state index contributed by atoms with van der Waals surface area (Å²) in [7, 11) is 3.14. The van der Waals surface area contributed by atoms with E-state index in [0.29, 0.717) is 65.4 Å². The van der Waals surface area contributed by atoms with Gasteiger partial charge in [0, 0.05) is 41.1 Å². The molecule has 1 amide bonds. The monoisotopic (exact) mass is 598 g/mol. The van der Waals surface area contributed by atoms with Crippen molar-refractivity contribution in [3.63, 3.8) is 0 Å². The number of nitrogens with zero attached hydrogens (tertiary/aromatic N) is 1. The summed E-state index contributed by atoms with van der Waals surface area (Å²) in [5, 5.41) is 4.42. The summed E-state index contributed by atoms with van der Waals surface area (Å²) >= 11 is 12.6. The summed E-state index contributed by atoms with van der Waals surface area (Å²) in [6.07, 6.45) is 1.76. The molecule has 5 rings (SSSR count). The Bertz CT molecular complexity index is 1420. The van der Waals surface area contributed by atoms with Crippen LogP contribution in [0.5, 0.6) is 17.2 Å². The second-order valence-electron chi connectivity index (χ2n) is 10.0. The maximum absolute atomic E-state index is 14.1. The van der Waals surface area contributed by atoms with Crippen molar-refractivity contribution < 1.29 is 28.5 Å². The first-order chi connectivity index (χ1) is 19.8. The van der Waals surface area contributed by atoms with Gasteiger partial charge < -0.3 is 29.2 Å². The van der Waals surface area contributed by atoms with Crippen LogP contribution in [0, 0.1) is 5.92 Å². The van der Waals surface area contributed by atoms with Gasteiger partial charge in [0.05, 0.1) is 31.8 Å². The molecule has 0 radical (unpaired) electrons. The lowest BCUT2D eigenvalue weighted by Crippen LogP contribution is -2.39. The molecule has 1 aliphatic heterocycles. The summed E-state index contributed by atoms with van der Waals surface area (Å²) in [4.78, 5) is 27.9. The minimum atomic E-state index is -0.740. The van der Waals surface area contributed by atoms with Crippen LogP contribution in [0.15, 0.2) is 54.6 Å². The number of methoxy groups -OCH3 is 2. The van der Waals surface area contributed by atoms with E-state index in [1.807, 2.05) is 30.3 Å². The lowest BCUT2D eigenvalue weighted by atomic mass is 9.82. The predicted molar refractivity (Wildman–Crippen MR) is 159 cm³/mol. The van der Waals surface area contributed by atoms with Gasteiger partial charge in [-0.15, -0.1) is 0 Å². The van der Waals surface area contributed by atoms with Gasteiger partial charge in [0.25, 0.3) is 5.91 Å². The quantitative estimate of drug-likeness (QED) is 0.267. The third kappa shape index (κ3) is 6.34. The second kappa shape index (κ2) is 12.5. The molecule has 1 N–H and O–H groups in total. The van der Waals surface area contributed by atoms with Gasteiger partial charge in [0.2, 0.25) is 0 Å². The highest BCUT2D eigenvalue weighted by molar-refractivity contribution is 6.32. The highest BCUT2D eigenvalue weighted by atomic mass is 35.5. The lowest BCUT2D eigenvalue weighted by Gasteiger charge is -2.33. The first-order valence-corrected chi connectivity index (χ1v) is 14.3. The van der Waals surface area contributed by atoms with E-state index in [1.54, 1.807) is 50.3 Å². The van der Waals surface area contributed by atoms with Crippen LogP contribution in [0.1, 0.15) is 36.9 Å². The molecule has 3 aromatic rings. The minimum Gasteiger partial charge on any atom is -0.497 e. The van der Waals surface area contributed by atoms with Crippen molar-refractivity contribution in [2.45, 2.75) is 38.3 Å². The van der Waals surface area contributed by atoms with E-state index in [2.05, 4.69) is 5.32 Å². The molecule has 216 valence electrons. The molecule has 0 saturated heterocycles. The van der Waals surface area contributed by atoms with Gasteiger partial charge in [-0.05, 0) is 61.6 Å². The molecule has 0 bridgehead atoms.